The third-order valence-corrected chi connectivity index (χ3v) is 3.80. The molecule has 0 aliphatic rings. The molecule has 1 aromatic rings. The number of alkyl halides is 1. The summed E-state index contributed by atoms with van der Waals surface area (Å²) >= 11 is 5.56. The molecule has 0 saturated heterocycles. The van der Waals surface area contributed by atoms with Gasteiger partial charge >= 0.3 is 0 Å². The molecule has 4 nitrogen and oxygen atoms in total. The van der Waals surface area contributed by atoms with Crippen LogP contribution in [-0.4, -0.2) is 25.0 Å². The number of pyridine rings is 1. The molecule has 1 unspecified atom stereocenters. The van der Waals surface area contributed by atoms with Crippen LogP contribution in [0.4, 0.5) is 5.69 Å². The van der Waals surface area contributed by atoms with Crippen molar-refractivity contribution in [3.8, 4) is 0 Å². The van der Waals surface area contributed by atoms with Crippen LogP contribution in [0, 0.1) is 5.92 Å². The van der Waals surface area contributed by atoms with Crippen LogP contribution >= 0.6 is 11.6 Å². The molecule has 0 radical (unpaired) electrons. The number of nitrogens with one attached hydrogen (secondary N) is 1. The highest BCUT2D eigenvalue weighted by atomic mass is 35.5. The molecule has 1 atom stereocenters. The monoisotopic (exact) mass is 248 g/mol. The Balaban J connectivity index is 2.65. The first kappa shape index (κ1) is 12.3. The summed E-state index contributed by atoms with van der Waals surface area (Å²) in [4.78, 5) is 3.80. The first-order valence-electron chi connectivity index (χ1n) is 4.50. The van der Waals surface area contributed by atoms with Crippen LogP contribution in [0.25, 0.3) is 0 Å². The number of aromatic nitrogens is 1. The summed E-state index contributed by atoms with van der Waals surface area (Å²) in [5, 5.41) is 0. The zero-order chi connectivity index (χ0) is 11.3. The zero-order valence-corrected chi connectivity index (χ0v) is 9.92. The summed E-state index contributed by atoms with van der Waals surface area (Å²) in [6.07, 6.45) is 3.06. The maximum absolute atomic E-state index is 11.6. The molecule has 0 amide bonds. The Kier molecular flexibility index (Phi) is 4.35. The van der Waals surface area contributed by atoms with E-state index in [9.17, 15) is 8.42 Å². The number of hydrogen-bond donors (Lipinski definition) is 1. The van der Waals surface area contributed by atoms with Crippen molar-refractivity contribution in [1.82, 2.24) is 4.98 Å². The lowest BCUT2D eigenvalue weighted by molar-refractivity contribution is 0.588. The van der Waals surface area contributed by atoms with Crippen molar-refractivity contribution < 1.29 is 8.42 Å². The molecule has 0 bridgehead atoms. The predicted octanol–water partition coefficient (Wildman–Crippen LogP) is 1.70. The second-order valence-electron chi connectivity index (χ2n) is 3.38. The fourth-order valence-corrected chi connectivity index (χ4v) is 2.74. The Morgan fingerprint density at radius 1 is 1.47 bits per heavy atom. The average Bonchev–Trinajstić information content (AvgIpc) is 2.17. The smallest absolute Gasteiger partial charge is 0.233 e. The van der Waals surface area contributed by atoms with Gasteiger partial charge in [-0.2, -0.15) is 0 Å². The quantitative estimate of drug-likeness (QED) is 0.807. The van der Waals surface area contributed by atoms with Gasteiger partial charge in [-0.25, -0.2) is 8.42 Å². The van der Waals surface area contributed by atoms with Crippen LogP contribution in [-0.2, 0) is 10.0 Å². The van der Waals surface area contributed by atoms with E-state index in [4.69, 9.17) is 11.6 Å². The molecule has 6 heteroatoms. The van der Waals surface area contributed by atoms with Crippen LogP contribution in [0.15, 0.2) is 24.5 Å². The molecule has 0 aromatic carbocycles. The molecular weight excluding hydrogens is 236 g/mol. The first-order chi connectivity index (χ1) is 7.03. The van der Waals surface area contributed by atoms with E-state index in [1.807, 2.05) is 0 Å². The highest BCUT2D eigenvalue weighted by Gasteiger charge is 2.14. The average molecular weight is 249 g/mol. The van der Waals surface area contributed by atoms with Gasteiger partial charge in [0, 0.05) is 18.3 Å². The normalized spacial score (nSPS) is 13.5. The van der Waals surface area contributed by atoms with Crippen molar-refractivity contribution in [2.45, 2.75) is 6.92 Å². The van der Waals surface area contributed by atoms with Crippen molar-refractivity contribution in [2.75, 3.05) is 16.4 Å². The number of rotatable bonds is 5. The van der Waals surface area contributed by atoms with Gasteiger partial charge in [-0.15, -0.1) is 11.6 Å². The van der Waals surface area contributed by atoms with E-state index >= 15 is 0 Å². The summed E-state index contributed by atoms with van der Waals surface area (Å²) in [7, 11) is -3.31. The lowest BCUT2D eigenvalue weighted by Gasteiger charge is -2.10. The fourth-order valence-electron chi connectivity index (χ4n) is 1.06. The molecule has 0 aliphatic heterocycles. The first-order valence-corrected chi connectivity index (χ1v) is 6.68. The van der Waals surface area contributed by atoms with Crippen LogP contribution in [0.3, 0.4) is 0 Å². The molecule has 0 spiro atoms. The molecule has 1 rings (SSSR count). The maximum Gasteiger partial charge on any atom is 0.233 e. The largest absolute Gasteiger partial charge is 0.283 e. The highest BCUT2D eigenvalue weighted by Crippen LogP contribution is 2.09. The summed E-state index contributed by atoms with van der Waals surface area (Å²) in [6, 6.07) is 3.20. The van der Waals surface area contributed by atoms with Gasteiger partial charge < -0.3 is 0 Å². The minimum absolute atomic E-state index is 0.0266. The standard InChI is InChI=1S/C9H13ClN2O2S/c1-8(6-10)7-15(13,14)12-9-2-4-11-5-3-9/h2-5,8H,6-7H2,1H3,(H,11,12). The van der Waals surface area contributed by atoms with Crippen molar-refractivity contribution in [3.63, 3.8) is 0 Å². The third-order valence-electron chi connectivity index (χ3n) is 1.72. The Morgan fingerprint density at radius 2 is 2.07 bits per heavy atom. The van der Waals surface area contributed by atoms with Crippen LogP contribution < -0.4 is 4.72 Å². The van der Waals surface area contributed by atoms with Gasteiger partial charge in [-0.05, 0) is 18.1 Å². The molecule has 1 heterocycles. The van der Waals surface area contributed by atoms with Crippen molar-refractivity contribution in [2.24, 2.45) is 5.92 Å². The molecule has 1 N–H and O–H groups in total. The highest BCUT2D eigenvalue weighted by molar-refractivity contribution is 7.92. The van der Waals surface area contributed by atoms with Gasteiger partial charge in [0.2, 0.25) is 10.0 Å². The van der Waals surface area contributed by atoms with E-state index in [0.29, 0.717) is 11.6 Å². The van der Waals surface area contributed by atoms with Gasteiger partial charge in [0.25, 0.3) is 0 Å². The molecule has 15 heavy (non-hydrogen) atoms. The molecular formula is C9H13ClN2O2S. The summed E-state index contributed by atoms with van der Waals surface area (Å²) in [5.41, 5.74) is 0.520. The second-order valence-corrected chi connectivity index (χ2v) is 5.45. The van der Waals surface area contributed by atoms with E-state index in [0.717, 1.165) is 0 Å². The Labute approximate surface area is 94.7 Å². The SMILES string of the molecule is CC(CCl)CS(=O)(=O)Nc1ccncc1. The minimum Gasteiger partial charge on any atom is -0.283 e. The van der Waals surface area contributed by atoms with E-state index in [2.05, 4.69) is 9.71 Å². The van der Waals surface area contributed by atoms with E-state index in [1.165, 1.54) is 12.4 Å². The topological polar surface area (TPSA) is 59.1 Å². The minimum atomic E-state index is -3.31. The van der Waals surface area contributed by atoms with Gasteiger partial charge in [-0.1, -0.05) is 6.92 Å². The number of halogens is 1. The van der Waals surface area contributed by atoms with Crippen LogP contribution in [0.5, 0.6) is 0 Å². The third kappa shape index (κ3) is 4.48. The zero-order valence-electron chi connectivity index (χ0n) is 8.35. The molecule has 0 fully saturated rings. The Bertz CT molecular complexity index is 394. The number of hydrogen-bond acceptors (Lipinski definition) is 3. The number of nitrogens with zero attached hydrogens (tertiary/aromatic N) is 1. The van der Waals surface area contributed by atoms with E-state index in [-0.39, 0.29) is 11.7 Å². The lowest BCUT2D eigenvalue weighted by Crippen LogP contribution is -2.22. The van der Waals surface area contributed by atoms with Crippen molar-refractivity contribution in [3.05, 3.63) is 24.5 Å². The summed E-state index contributed by atoms with van der Waals surface area (Å²) in [6.45, 7) is 1.79. The molecule has 1 aromatic heterocycles. The summed E-state index contributed by atoms with van der Waals surface area (Å²) in [5.74, 6) is 0.293. The summed E-state index contributed by atoms with van der Waals surface area (Å²) < 4.78 is 25.6. The van der Waals surface area contributed by atoms with Gasteiger partial charge in [0.15, 0.2) is 0 Å². The maximum atomic E-state index is 11.6. The molecule has 0 saturated carbocycles. The Morgan fingerprint density at radius 3 is 2.60 bits per heavy atom. The number of anilines is 1. The van der Waals surface area contributed by atoms with E-state index < -0.39 is 10.0 Å². The van der Waals surface area contributed by atoms with E-state index in [1.54, 1.807) is 19.1 Å². The van der Waals surface area contributed by atoms with Crippen molar-refractivity contribution in [1.29, 1.82) is 0 Å². The predicted molar refractivity (Wildman–Crippen MR) is 61.5 cm³/mol. The number of sulfonamides is 1. The van der Waals surface area contributed by atoms with Gasteiger partial charge in [0.05, 0.1) is 11.4 Å². The second kappa shape index (κ2) is 5.32. The van der Waals surface area contributed by atoms with Crippen LogP contribution in [0.1, 0.15) is 6.92 Å². The lowest BCUT2D eigenvalue weighted by atomic mass is 10.3. The van der Waals surface area contributed by atoms with Gasteiger partial charge in [-0.3, -0.25) is 9.71 Å². The molecule has 84 valence electrons. The molecule has 0 aliphatic carbocycles. The van der Waals surface area contributed by atoms with Crippen LogP contribution in [0.2, 0.25) is 0 Å². The Hall–Kier alpha value is -0.810. The van der Waals surface area contributed by atoms with Gasteiger partial charge in [0.1, 0.15) is 0 Å². The van der Waals surface area contributed by atoms with Crippen molar-refractivity contribution >= 4 is 27.3 Å². The fraction of sp³-hybridized carbons (Fsp3) is 0.444.